The number of Topliss-reactive ketones (excluding diaryl/α,β-unsaturated/α-hetero) is 1. The van der Waals surface area contributed by atoms with Gasteiger partial charge in [-0.1, -0.05) is 45.3 Å². The highest BCUT2D eigenvalue weighted by Crippen LogP contribution is 2.69. The number of unbranched alkanes of at least 4 members (excludes halogenated alkanes) is 1. The lowest BCUT2D eigenvalue weighted by Gasteiger charge is -2.59. The molecule has 4 rings (SSSR count). The number of carbonyl (C=O) groups is 3. The number of carboxylic acid groups (broad SMARTS) is 1. The number of allylic oxidation sites excluding steroid dienone is 4. The van der Waals surface area contributed by atoms with E-state index in [0.29, 0.717) is 12.8 Å². The molecule has 9 atom stereocenters. The third-order valence-corrected chi connectivity index (χ3v) is 9.84. The zero-order valence-electron chi connectivity index (χ0n) is 20.4. The summed E-state index contributed by atoms with van der Waals surface area (Å²) in [5.41, 5.74) is -2.30. The molecule has 0 radical (unpaired) electrons. The Morgan fingerprint density at radius 3 is 2.62 bits per heavy atom. The average molecular weight is 475 g/mol. The van der Waals surface area contributed by atoms with Gasteiger partial charge in [-0.2, -0.15) is 0 Å². The first-order valence-corrected chi connectivity index (χ1v) is 12.7. The summed E-state index contributed by atoms with van der Waals surface area (Å²) in [6.07, 6.45) is 6.42. The number of rotatable bonds is 7. The van der Waals surface area contributed by atoms with Crippen LogP contribution in [0.4, 0.5) is 0 Å². The first-order valence-electron chi connectivity index (χ1n) is 12.7. The van der Waals surface area contributed by atoms with E-state index in [1.165, 1.54) is 0 Å². The van der Waals surface area contributed by atoms with Gasteiger partial charge in [0.2, 0.25) is 0 Å². The highest BCUT2D eigenvalue weighted by atomic mass is 16.4. The lowest BCUT2D eigenvalue weighted by Crippen LogP contribution is -2.64. The Labute approximate surface area is 200 Å². The number of carboxylic acids is 1. The topological polar surface area (TPSA) is 132 Å². The number of aliphatic carboxylic acids is 1. The monoisotopic (exact) mass is 474 g/mol. The van der Waals surface area contributed by atoms with Crippen molar-refractivity contribution in [3.8, 4) is 0 Å². The van der Waals surface area contributed by atoms with Crippen LogP contribution in [0.15, 0.2) is 23.8 Å². The fourth-order valence-corrected chi connectivity index (χ4v) is 8.26. The summed E-state index contributed by atoms with van der Waals surface area (Å²) in [6.45, 7) is 5.96. The number of aliphatic hydroxyl groups excluding tert-OH is 2. The maximum atomic E-state index is 13.5. The second kappa shape index (κ2) is 8.68. The Balaban J connectivity index is 1.75. The number of carbonyl (C=O) groups excluding carboxylic acids is 2. The third kappa shape index (κ3) is 3.54. The molecular formula is C27H38O7. The fourth-order valence-electron chi connectivity index (χ4n) is 8.26. The molecular weight excluding hydrogens is 436 g/mol. The van der Waals surface area contributed by atoms with Crippen molar-refractivity contribution in [3.05, 3.63) is 23.8 Å². The molecule has 188 valence electrons. The van der Waals surface area contributed by atoms with E-state index in [2.05, 4.69) is 6.92 Å². The molecule has 4 aliphatic carbocycles. The van der Waals surface area contributed by atoms with Gasteiger partial charge in [-0.3, -0.25) is 14.4 Å². The summed E-state index contributed by atoms with van der Waals surface area (Å²) in [6, 6.07) is 0. The third-order valence-electron chi connectivity index (χ3n) is 9.84. The molecule has 0 saturated heterocycles. The van der Waals surface area contributed by atoms with E-state index in [-0.39, 0.29) is 30.0 Å². The maximum absolute atomic E-state index is 13.5. The molecule has 0 aromatic heterocycles. The lowest BCUT2D eigenvalue weighted by molar-refractivity contribution is -0.189. The summed E-state index contributed by atoms with van der Waals surface area (Å²) in [5.74, 6) is -2.71. The smallest absolute Gasteiger partial charge is 0.306 e. The number of ketones is 2. The van der Waals surface area contributed by atoms with Gasteiger partial charge < -0.3 is 20.4 Å². The van der Waals surface area contributed by atoms with Gasteiger partial charge in [0.1, 0.15) is 11.7 Å². The Morgan fingerprint density at radius 1 is 1.26 bits per heavy atom. The number of fused-ring (bicyclic) bond motifs is 5. The molecule has 0 spiro atoms. The van der Waals surface area contributed by atoms with E-state index in [4.69, 9.17) is 5.11 Å². The Bertz CT molecular complexity index is 937. The minimum Gasteiger partial charge on any atom is -0.481 e. The van der Waals surface area contributed by atoms with Crippen LogP contribution in [0.1, 0.15) is 72.1 Å². The molecule has 3 fully saturated rings. The number of hydrogen-bond donors (Lipinski definition) is 4. The summed E-state index contributed by atoms with van der Waals surface area (Å²) in [4.78, 5) is 36.8. The van der Waals surface area contributed by atoms with Gasteiger partial charge in [0.25, 0.3) is 0 Å². The van der Waals surface area contributed by atoms with E-state index in [1.54, 1.807) is 12.2 Å². The Hall–Kier alpha value is -1.83. The highest BCUT2D eigenvalue weighted by molar-refractivity contribution is 6.01. The van der Waals surface area contributed by atoms with Gasteiger partial charge >= 0.3 is 5.97 Å². The number of aliphatic hydroxyl groups is 3. The van der Waals surface area contributed by atoms with Crippen molar-refractivity contribution in [2.45, 2.75) is 89.9 Å². The molecule has 3 saturated carbocycles. The van der Waals surface area contributed by atoms with Crippen LogP contribution in [0.25, 0.3) is 0 Å². The van der Waals surface area contributed by atoms with Crippen molar-refractivity contribution in [2.75, 3.05) is 0 Å². The molecule has 0 heterocycles. The van der Waals surface area contributed by atoms with E-state index < -0.39 is 52.7 Å². The molecule has 0 bridgehead atoms. The molecule has 0 aromatic carbocycles. The fraction of sp³-hybridized carbons (Fsp3) is 0.741. The van der Waals surface area contributed by atoms with Crippen LogP contribution >= 0.6 is 0 Å². The quantitative estimate of drug-likeness (QED) is 0.446. The summed E-state index contributed by atoms with van der Waals surface area (Å²) in [5, 5.41) is 43.3. The minimum atomic E-state index is -1.90. The molecule has 7 nitrogen and oxygen atoms in total. The second-order valence-corrected chi connectivity index (χ2v) is 11.5. The van der Waals surface area contributed by atoms with Crippen molar-refractivity contribution >= 4 is 17.5 Å². The highest BCUT2D eigenvalue weighted by Gasteiger charge is 2.71. The molecule has 4 aliphatic rings. The van der Waals surface area contributed by atoms with Crippen molar-refractivity contribution in [1.82, 2.24) is 0 Å². The van der Waals surface area contributed by atoms with Gasteiger partial charge in [0.15, 0.2) is 11.6 Å². The first kappa shape index (κ1) is 25.3. The minimum absolute atomic E-state index is 0.0334. The summed E-state index contributed by atoms with van der Waals surface area (Å²) < 4.78 is 0. The van der Waals surface area contributed by atoms with Gasteiger partial charge in [-0.15, -0.1) is 0 Å². The molecule has 0 aliphatic heterocycles. The first-order chi connectivity index (χ1) is 15.9. The Kier molecular flexibility index (Phi) is 6.45. The van der Waals surface area contributed by atoms with E-state index >= 15 is 0 Å². The van der Waals surface area contributed by atoms with Crippen LogP contribution in [0.3, 0.4) is 0 Å². The molecule has 0 amide bonds. The molecule has 0 aromatic rings. The zero-order chi connectivity index (χ0) is 25.1. The average Bonchev–Trinajstić information content (AvgIpc) is 2.98. The number of hydrogen-bond acceptors (Lipinski definition) is 6. The Morgan fingerprint density at radius 2 is 1.97 bits per heavy atom. The molecule has 1 unspecified atom stereocenters. The van der Waals surface area contributed by atoms with Crippen molar-refractivity contribution < 1.29 is 34.8 Å². The standard InChI is InChI=1S/C27H38O7/c1-4-5-6-16-12-19-18-8-7-15-11-17(28)9-10-25(15,2)23(18)21(30)14-26(19,3)27(16,34)24(33)20(29)13-22(31)32/h9-11,16,18-21,23,29-30,34H,4-8,12-14H2,1-3H3,(H,31,32)/t16-,18+,19+,20?,21+,23-,25+,26+,27+/m1/s1. The van der Waals surface area contributed by atoms with E-state index in [1.807, 2.05) is 19.9 Å². The van der Waals surface area contributed by atoms with Crippen LogP contribution in [0, 0.1) is 34.5 Å². The zero-order valence-corrected chi connectivity index (χ0v) is 20.4. The van der Waals surface area contributed by atoms with Gasteiger partial charge in [0.05, 0.1) is 12.5 Å². The SMILES string of the molecule is CCCC[C@@H]1C[C@H]2[C@@H]3CCC4=CC(=O)C=C[C@]4(C)[C@H]3[C@@H](O)C[C@]2(C)[C@@]1(O)C(=O)C(O)CC(=O)O. The van der Waals surface area contributed by atoms with Crippen LogP contribution < -0.4 is 0 Å². The lowest BCUT2D eigenvalue weighted by atomic mass is 9.46. The van der Waals surface area contributed by atoms with Crippen LogP contribution in [0.2, 0.25) is 0 Å². The predicted octanol–water partition coefficient (Wildman–Crippen LogP) is 2.82. The molecule has 4 N–H and O–H groups in total. The summed E-state index contributed by atoms with van der Waals surface area (Å²) >= 11 is 0. The molecule has 34 heavy (non-hydrogen) atoms. The van der Waals surface area contributed by atoms with Crippen LogP contribution in [-0.2, 0) is 14.4 Å². The summed E-state index contributed by atoms with van der Waals surface area (Å²) in [7, 11) is 0. The largest absolute Gasteiger partial charge is 0.481 e. The predicted molar refractivity (Wildman–Crippen MR) is 125 cm³/mol. The van der Waals surface area contributed by atoms with Gasteiger partial charge in [0, 0.05) is 16.7 Å². The van der Waals surface area contributed by atoms with Gasteiger partial charge in [-0.05, 0) is 62.0 Å². The van der Waals surface area contributed by atoms with Crippen molar-refractivity contribution in [3.63, 3.8) is 0 Å². The molecule has 7 heteroatoms. The van der Waals surface area contributed by atoms with Crippen LogP contribution in [-0.4, -0.2) is 55.8 Å². The van der Waals surface area contributed by atoms with Crippen LogP contribution in [0.5, 0.6) is 0 Å². The second-order valence-electron chi connectivity index (χ2n) is 11.5. The van der Waals surface area contributed by atoms with Gasteiger partial charge in [-0.25, -0.2) is 0 Å². The normalized spacial score (nSPS) is 44.0. The maximum Gasteiger partial charge on any atom is 0.306 e. The van der Waals surface area contributed by atoms with E-state index in [0.717, 1.165) is 31.3 Å². The van der Waals surface area contributed by atoms with Crippen molar-refractivity contribution in [1.29, 1.82) is 0 Å². The van der Waals surface area contributed by atoms with E-state index in [9.17, 15) is 29.7 Å². The van der Waals surface area contributed by atoms with Crippen molar-refractivity contribution in [2.24, 2.45) is 34.5 Å².